The Morgan fingerprint density at radius 3 is 2.43 bits per heavy atom. The van der Waals surface area contributed by atoms with E-state index in [9.17, 15) is 0 Å². The van der Waals surface area contributed by atoms with Gasteiger partial charge in [-0.15, -0.1) is 0 Å². The molecule has 1 aromatic heterocycles. The Morgan fingerprint density at radius 1 is 1.04 bits per heavy atom. The van der Waals surface area contributed by atoms with Crippen LogP contribution >= 0.6 is 0 Å². The van der Waals surface area contributed by atoms with Crippen molar-refractivity contribution in [3.8, 4) is 11.3 Å². The van der Waals surface area contributed by atoms with Gasteiger partial charge in [-0.25, -0.2) is 4.98 Å². The van der Waals surface area contributed by atoms with E-state index in [-0.39, 0.29) is 5.41 Å². The third-order valence-electron chi connectivity index (χ3n) is 6.69. The van der Waals surface area contributed by atoms with Gasteiger partial charge in [-0.3, -0.25) is 0 Å². The summed E-state index contributed by atoms with van der Waals surface area (Å²) < 4.78 is 2.34. The minimum absolute atomic E-state index is 0.131. The van der Waals surface area contributed by atoms with Crippen molar-refractivity contribution in [3.63, 3.8) is 0 Å². The average molecular weight is 374 g/mol. The predicted octanol–water partition coefficient (Wildman–Crippen LogP) is 6.30. The van der Waals surface area contributed by atoms with Crippen LogP contribution in [-0.4, -0.2) is 4.98 Å². The Bertz CT molecular complexity index is 1030. The van der Waals surface area contributed by atoms with Crippen LogP contribution in [0.1, 0.15) is 74.6 Å². The van der Waals surface area contributed by atoms with Crippen molar-refractivity contribution >= 4 is 11.0 Å². The summed E-state index contributed by atoms with van der Waals surface area (Å²) >= 11 is 0. The average Bonchev–Trinajstić information content (AvgIpc) is 3.18. The molecule has 1 aliphatic rings. The fourth-order valence-electron chi connectivity index (χ4n) is 4.68. The molecule has 1 fully saturated rings. The molecule has 0 spiro atoms. The SMILES string of the molecule is Cc1cc(C(C)(C)C)cc(-c2cnc3c(C4CCCC4)cccc3[n+]2C)c1C. The molecule has 0 N–H and O–H groups in total. The van der Waals surface area contributed by atoms with E-state index in [4.69, 9.17) is 4.98 Å². The first-order chi connectivity index (χ1) is 13.3. The van der Waals surface area contributed by atoms with E-state index in [2.05, 4.69) is 82.8 Å². The Hall–Kier alpha value is -2.22. The van der Waals surface area contributed by atoms with Crippen molar-refractivity contribution in [1.29, 1.82) is 0 Å². The van der Waals surface area contributed by atoms with Crippen molar-refractivity contribution in [2.24, 2.45) is 7.05 Å². The third kappa shape index (κ3) is 3.23. The zero-order valence-electron chi connectivity index (χ0n) is 18.3. The highest BCUT2D eigenvalue weighted by Gasteiger charge is 2.25. The maximum absolute atomic E-state index is 5.00. The Kier molecular flexibility index (Phi) is 4.77. The third-order valence-corrected chi connectivity index (χ3v) is 6.69. The number of fused-ring (bicyclic) bond motifs is 1. The predicted molar refractivity (Wildman–Crippen MR) is 118 cm³/mol. The fourth-order valence-corrected chi connectivity index (χ4v) is 4.68. The number of aromatic nitrogens is 2. The number of nitrogens with zero attached hydrogens (tertiary/aromatic N) is 2. The van der Waals surface area contributed by atoms with Gasteiger partial charge >= 0.3 is 0 Å². The molecule has 2 aromatic carbocycles. The summed E-state index contributed by atoms with van der Waals surface area (Å²) in [6, 6.07) is 11.4. The van der Waals surface area contributed by atoms with Crippen molar-refractivity contribution in [2.75, 3.05) is 0 Å². The van der Waals surface area contributed by atoms with Gasteiger partial charge in [-0.05, 0) is 66.3 Å². The van der Waals surface area contributed by atoms with Crippen LogP contribution in [0, 0.1) is 13.8 Å². The molecule has 0 radical (unpaired) electrons. The topological polar surface area (TPSA) is 16.8 Å². The molecular weight excluding hydrogens is 340 g/mol. The second-order valence-corrected chi connectivity index (χ2v) is 9.61. The van der Waals surface area contributed by atoms with Gasteiger partial charge < -0.3 is 0 Å². The van der Waals surface area contributed by atoms with Gasteiger partial charge in [0, 0.05) is 6.07 Å². The van der Waals surface area contributed by atoms with Crippen molar-refractivity contribution < 1.29 is 4.57 Å². The molecule has 0 aliphatic heterocycles. The van der Waals surface area contributed by atoms with Gasteiger partial charge in [0.25, 0.3) is 0 Å². The summed E-state index contributed by atoms with van der Waals surface area (Å²) in [5.41, 5.74) is 10.6. The number of hydrogen-bond donors (Lipinski definition) is 0. The lowest BCUT2D eigenvalue weighted by Gasteiger charge is -2.22. The number of rotatable bonds is 2. The van der Waals surface area contributed by atoms with Crippen LogP contribution in [0.25, 0.3) is 22.3 Å². The first kappa shape index (κ1) is 19.1. The second-order valence-electron chi connectivity index (χ2n) is 9.61. The first-order valence-electron chi connectivity index (χ1n) is 10.7. The van der Waals surface area contributed by atoms with Crippen LogP contribution in [0.5, 0.6) is 0 Å². The number of benzene rings is 2. The molecule has 2 heteroatoms. The molecule has 2 nitrogen and oxygen atoms in total. The van der Waals surface area contributed by atoms with Crippen LogP contribution < -0.4 is 4.57 Å². The zero-order valence-corrected chi connectivity index (χ0v) is 18.3. The largest absolute Gasteiger partial charge is 0.243 e. The molecular formula is C26H33N2+. The number of hydrogen-bond acceptors (Lipinski definition) is 1. The van der Waals surface area contributed by atoms with Crippen LogP contribution in [0.3, 0.4) is 0 Å². The lowest BCUT2D eigenvalue weighted by Crippen LogP contribution is -2.33. The Morgan fingerprint density at radius 2 is 1.75 bits per heavy atom. The number of para-hydroxylation sites is 1. The summed E-state index contributed by atoms with van der Waals surface area (Å²) in [6.07, 6.45) is 7.40. The van der Waals surface area contributed by atoms with Crippen molar-refractivity contribution in [2.45, 2.75) is 71.6 Å². The van der Waals surface area contributed by atoms with Crippen LogP contribution in [0.15, 0.2) is 36.5 Å². The molecule has 1 aliphatic carbocycles. The van der Waals surface area contributed by atoms with Crippen molar-refractivity contribution in [3.05, 3.63) is 58.8 Å². The summed E-state index contributed by atoms with van der Waals surface area (Å²) in [4.78, 5) is 5.00. The van der Waals surface area contributed by atoms with Crippen LogP contribution in [-0.2, 0) is 12.5 Å². The Labute approximate surface area is 169 Å². The summed E-state index contributed by atoms with van der Waals surface area (Å²) in [6.45, 7) is 11.3. The molecule has 0 bridgehead atoms. The molecule has 146 valence electrons. The highest BCUT2D eigenvalue weighted by atomic mass is 15.0. The molecule has 28 heavy (non-hydrogen) atoms. The zero-order chi connectivity index (χ0) is 20.1. The van der Waals surface area contributed by atoms with Gasteiger partial charge in [-0.2, -0.15) is 4.57 Å². The van der Waals surface area contributed by atoms with Crippen LogP contribution in [0.2, 0.25) is 0 Å². The first-order valence-corrected chi connectivity index (χ1v) is 10.7. The summed E-state index contributed by atoms with van der Waals surface area (Å²) in [5, 5.41) is 0. The molecule has 0 unspecified atom stereocenters. The van der Waals surface area contributed by atoms with Crippen molar-refractivity contribution in [1.82, 2.24) is 4.98 Å². The summed E-state index contributed by atoms with van der Waals surface area (Å²) in [7, 11) is 2.19. The van der Waals surface area contributed by atoms with Crippen LogP contribution in [0.4, 0.5) is 0 Å². The monoisotopic (exact) mass is 373 g/mol. The number of aryl methyl sites for hydroxylation is 2. The summed E-state index contributed by atoms with van der Waals surface area (Å²) in [5.74, 6) is 0.676. The molecule has 4 rings (SSSR count). The second kappa shape index (κ2) is 6.99. The Balaban J connectivity index is 1.91. The minimum atomic E-state index is 0.131. The highest BCUT2D eigenvalue weighted by molar-refractivity contribution is 5.77. The fraction of sp³-hybridized carbons (Fsp3) is 0.462. The van der Waals surface area contributed by atoms with E-state index < -0.39 is 0 Å². The van der Waals surface area contributed by atoms with E-state index in [1.165, 1.54) is 70.2 Å². The maximum atomic E-state index is 5.00. The standard InChI is InChI=1S/C26H33N2/c1-17-14-20(26(3,4)5)15-22(18(17)2)24-16-27-25-21(19-10-7-8-11-19)12-9-13-23(25)28(24)6/h9,12-16,19H,7-8,10-11H2,1-6H3/q+1. The quantitative estimate of drug-likeness (QED) is 0.482. The molecule has 0 atom stereocenters. The van der Waals surface area contributed by atoms with E-state index in [1.54, 1.807) is 0 Å². The molecule has 0 saturated heterocycles. The van der Waals surface area contributed by atoms with E-state index in [0.717, 1.165) is 0 Å². The van der Waals surface area contributed by atoms with Gasteiger partial charge in [0.15, 0.2) is 0 Å². The van der Waals surface area contributed by atoms with Gasteiger partial charge in [0.1, 0.15) is 18.8 Å². The normalized spacial score (nSPS) is 15.5. The molecule has 3 aromatic rings. The molecule has 1 saturated carbocycles. The smallest absolute Gasteiger partial charge is 0.231 e. The lowest BCUT2D eigenvalue weighted by atomic mass is 9.83. The van der Waals surface area contributed by atoms with E-state index in [1.807, 2.05) is 0 Å². The van der Waals surface area contributed by atoms with Gasteiger partial charge in [0.2, 0.25) is 11.2 Å². The van der Waals surface area contributed by atoms with E-state index >= 15 is 0 Å². The maximum Gasteiger partial charge on any atom is 0.231 e. The molecule has 1 heterocycles. The van der Waals surface area contributed by atoms with Gasteiger partial charge in [-0.1, -0.05) is 51.8 Å². The van der Waals surface area contributed by atoms with Gasteiger partial charge in [0.05, 0.1) is 5.56 Å². The minimum Gasteiger partial charge on any atom is -0.243 e. The van der Waals surface area contributed by atoms with E-state index in [0.29, 0.717) is 5.92 Å². The highest BCUT2D eigenvalue weighted by Crippen LogP contribution is 2.37. The molecule has 0 amide bonds. The lowest BCUT2D eigenvalue weighted by molar-refractivity contribution is -0.634.